The SMILES string of the molecule is O=C(O)C(=Cc1ccccc1OCc1cccc(F)c1)NC(=O)c1ccccc1. The fourth-order valence-electron chi connectivity index (χ4n) is 2.61. The van der Waals surface area contributed by atoms with Gasteiger partial charge in [-0.2, -0.15) is 0 Å². The van der Waals surface area contributed by atoms with E-state index in [-0.39, 0.29) is 18.1 Å². The van der Waals surface area contributed by atoms with E-state index in [1.54, 1.807) is 66.7 Å². The van der Waals surface area contributed by atoms with Gasteiger partial charge in [0, 0.05) is 11.1 Å². The monoisotopic (exact) mass is 391 g/mol. The van der Waals surface area contributed by atoms with Crippen LogP contribution in [0.1, 0.15) is 21.5 Å². The first-order valence-corrected chi connectivity index (χ1v) is 8.80. The van der Waals surface area contributed by atoms with Gasteiger partial charge >= 0.3 is 5.97 Å². The quantitative estimate of drug-likeness (QED) is 0.590. The average molecular weight is 391 g/mol. The van der Waals surface area contributed by atoms with Crippen LogP contribution >= 0.6 is 0 Å². The van der Waals surface area contributed by atoms with E-state index in [9.17, 15) is 19.1 Å². The van der Waals surface area contributed by atoms with E-state index < -0.39 is 11.9 Å². The molecular weight excluding hydrogens is 373 g/mol. The first-order valence-electron chi connectivity index (χ1n) is 8.80. The molecule has 29 heavy (non-hydrogen) atoms. The number of nitrogens with one attached hydrogen (secondary N) is 1. The molecule has 0 bridgehead atoms. The number of hydrogen-bond donors (Lipinski definition) is 2. The van der Waals surface area contributed by atoms with Gasteiger partial charge in [0.2, 0.25) is 0 Å². The summed E-state index contributed by atoms with van der Waals surface area (Å²) >= 11 is 0. The van der Waals surface area contributed by atoms with Crippen LogP contribution in [0.15, 0.2) is 84.6 Å². The van der Waals surface area contributed by atoms with Crippen LogP contribution < -0.4 is 10.1 Å². The van der Waals surface area contributed by atoms with Crippen LogP contribution in [0.3, 0.4) is 0 Å². The van der Waals surface area contributed by atoms with E-state index in [1.807, 2.05) is 0 Å². The molecule has 0 aromatic heterocycles. The Labute approximate surface area is 167 Å². The molecule has 0 aliphatic carbocycles. The number of hydrogen-bond acceptors (Lipinski definition) is 3. The lowest BCUT2D eigenvalue weighted by Crippen LogP contribution is -2.27. The highest BCUT2D eigenvalue weighted by atomic mass is 19.1. The summed E-state index contributed by atoms with van der Waals surface area (Å²) in [5, 5.41) is 11.9. The smallest absolute Gasteiger partial charge is 0.352 e. The molecule has 0 heterocycles. The summed E-state index contributed by atoms with van der Waals surface area (Å²) in [6.07, 6.45) is 1.32. The highest BCUT2D eigenvalue weighted by Gasteiger charge is 2.14. The molecule has 6 heteroatoms. The number of ether oxygens (including phenoxy) is 1. The van der Waals surface area contributed by atoms with Gasteiger partial charge in [-0.1, -0.05) is 48.5 Å². The molecule has 0 aliphatic heterocycles. The standard InChI is InChI=1S/C23H18FNO4/c24-19-11-6-7-16(13-19)15-29-21-12-5-4-10-18(21)14-20(23(27)28)25-22(26)17-8-2-1-3-9-17/h1-14H,15H2,(H,25,26)(H,27,28). The molecule has 0 aliphatic rings. The van der Waals surface area contributed by atoms with Crippen LogP contribution in [-0.4, -0.2) is 17.0 Å². The zero-order chi connectivity index (χ0) is 20.6. The van der Waals surface area contributed by atoms with Gasteiger partial charge in [0.25, 0.3) is 5.91 Å². The number of carboxylic acid groups (broad SMARTS) is 1. The van der Waals surface area contributed by atoms with Gasteiger partial charge in [0.1, 0.15) is 23.9 Å². The van der Waals surface area contributed by atoms with Crippen LogP contribution in [0.4, 0.5) is 4.39 Å². The molecule has 0 fully saturated rings. The third kappa shape index (κ3) is 5.52. The van der Waals surface area contributed by atoms with Crippen LogP contribution in [0.2, 0.25) is 0 Å². The Bertz CT molecular complexity index is 1050. The minimum Gasteiger partial charge on any atom is -0.488 e. The van der Waals surface area contributed by atoms with Crippen LogP contribution in [0.25, 0.3) is 6.08 Å². The number of carboxylic acids is 1. The zero-order valence-electron chi connectivity index (χ0n) is 15.3. The Morgan fingerprint density at radius 2 is 1.69 bits per heavy atom. The van der Waals surface area contributed by atoms with Crippen molar-refractivity contribution in [2.24, 2.45) is 0 Å². The largest absolute Gasteiger partial charge is 0.488 e. The van der Waals surface area contributed by atoms with E-state index in [2.05, 4.69) is 5.32 Å². The Morgan fingerprint density at radius 3 is 2.41 bits per heavy atom. The number of carbonyl (C=O) groups is 2. The summed E-state index contributed by atoms with van der Waals surface area (Å²) in [7, 11) is 0. The number of carbonyl (C=O) groups excluding carboxylic acids is 1. The maximum absolute atomic E-state index is 13.3. The number of amides is 1. The molecule has 2 N–H and O–H groups in total. The summed E-state index contributed by atoms with van der Waals surface area (Å²) in [5.41, 5.74) is 1.16. The molecular formula is C23H18FNO4. The first-order chi connectivity index (χ1) is 14.0. The molecule has 0 saturated heterocycles. The number of rotatable bonds is 7. The second-order valence-electron chi connectivity index (χ2n) is 6.14. The molecule has 0 radical (unpaired) electrons. The van der Waals surface area contributed by atoms with Gasteiger partial charge in [-0.15, -0.1) is 0 Å². The molecule has 1 amide bonds. The molecule has 3 rings (SSSR count). The van der Waals surface area contributed by atoms with Crippen molar-refractivity contribution in [3.8, 4) is 5.75 Å². The van der Waals surface area contributed by atoms with Gasteiger partial charge in [-0.05, 0) is 42.0 Å². The van der Waals surface area contributed by atoms with Crippen molar-refractivity contribution in [1.29, 1.82) is 0 Å². The average Bonchev–Trinajstić information content (AvgIpc) is 2.73. The van der Waals surface area contributed by atoms with E-state index in [0.29, 0.717) is 22.4 Å². The lowest BCUT2D eigenvalue weighted by atomic mass is 10.1. The summed E-state index contributed by atoms with van der Waals surface area (Å²) in [6, 6.07) is 21.1. The van der Waals surface area contributed by atoms with Crippen molar-refractivity contribution in [1.82, 2.24) is 5.32 Å². The fraction of sp³-hybridized carbons (Fsp3) is 0.0435. The normalized spacial score (nSPS) is 11.0. The van der Waals surface area contributed by atoms with Gasteiger partial charge in [0.15, 0.2) is 0 Å². The van der Waals surface area contributed by atoms with Crippen LogP contribution in [0, 0.1) is 5.82 Å². The summed E-state index contributed by atoms with van der Waals surface area (Å²) in [4.78, 5) is 23.9. The molecule has 0 saturated carbocycles. The third-order valence-electron chi connectivity index (χ3n) is 4.02. The summed E-state index contributed by atoms with van der Waals surface area (Å²) in [6.45, 7) is 0.112. The van der Waals surface area contributed by atoms with Crippen molar-refractivity contribution >= 4 is 18.0 Å². The molecule has 3 aromatic rings. The maximum atomic E-state index is 13.3. The van der Waals surface area contributed by atoms with Crippen molar-refractivity contribution in [2.45, 2.75) is 6.61 Å². The summed E-state index contributed by atoms with van der Waals surface area (Å²) in [5.74, 6) is -1.77. The second-order valence-corrected chi connectivity index (χ2v) is 6.14. The Balaban J connectivity index is 1.81. The maximum Gasteiger partial charge on any atom is 0.352 e. The summed E-state index contributed by atoms with van der Waals surface area (Å²) < 4.78 is 19.1. The highest BCUT2D eigenvalue weighted by Crippen LogP contribution is 2.22. The Hall–Kier alpha value is -3.93. The molecule has 0 spiro atoms. The molecule has 0 atom stereocenters. The number of halogens is 1. The lowest BCUT2D eigenvalue weighted by Gasteiger charge is -2.11. The minimum atomic E-state index is -1.28. The number of aliphatic carboxylic acids is 1. The molecule has 146 valence electrons. The predicted molar refractivity (Wildman–Crippen MR) is 107 cm³/mol. The van der Waals surface area contributed by atoms with Gasteiger partial charge in [-0.25, -0.2) is 9.18 Å². The van der Waals surface area contributed by atoms with E-state index >= 15 is 0 Å². The number of para-hydroxylation sites is 1. The van der Waals surface area contributed by atoms with Crippen molar-refractivity contribution < 1.29 is 23.8 Å². The lowest BCUT2D eigenvalue weighted by molar-refractivity contribution is -0.132. The van der Waals surface area contributed by atoms with Gasteiger partial charge in [0.05, 0.1) is 0 Å². The molecule has 5 nitrogen and oxygen atoms in total. The van der Waals surface area contributed by atoms with Gasteiger partial charge < -0.3 is 15.2 Å². The van der Waals surface area contributed by atoms with E-state index in [4.69, 9.17) is 4.74 Å². The predicted octanol–water partition coefficient (Wildman–Crippen LogP) is 4.26. The van der Waals surface area contributed by atoms with Crippen molar-refractivity contribution in [3.63, 3.8) is 0 Å². The van der Waals surface area contributed by atoms with Crippen molar-refractivity contribution in [2.75, 3.05) is 0 Å². The molecule has 0 unspecified atom stereocenters. The van der Waals surface area contributed by atoms with E-state index in [0.717, 1.165) is 0 Å². The second kappa shape index (κ2) is 9.32. The van der Waals surface area contributed by atoms with Crippen LogP contribution in [-0.2, 0) is 11.4 Å². The van der Waals surface area contributed by atoms with Crippen molar-refractivity contribution in [3.05, 3.63) is 107 Å². The number of benzene rings is 3. The topological polar surface area (TPSA) is 75.6 Å². The van der Waals surface area contributed by atoms with E-state index in [1.165, 1.54) is 18.2 Å². The zero-order valence-corrected chi connectivity index (χ0v) is 15.3. The third-order valence-corrected chi connectivity index (χ3v) is 4.02. The first kappa shape index (κ1) is 19.8. The Morgan fingerprint density at radius 1 is 0.966 bits per heavy atom. The minimum absolute atomic E-state index is 0.112. The van der Waals surface area contributed by atoms with Gasteiger partial charge in [-0.3, -0.25) is 4.79 Å². The fourth-order valence-corrected chi connectivity index (χ4v) is 2.61. The van der Waals surface area contributed by atoms with Crippen LogP contribution in [0.5, 0.6) is 5.75 Å². The Kier molecular flexibility index (Phi) is 6.37. The molecule has 3 aromatic carbocycles. The highest BCUT2D eigenvalue weighted by molar-refractivity contribution is 6.02.